The van der Waals surface area contributed by atoms with Crippen molar-refractivity contribution in [3.63, 3.8) is 0 Å². The van der Waals surface area contributed by atoms with Gasteiger partial charge >= 0.3 is 0 Å². The maximum absolute atomic E-state index is 12.3. The first kappa shape index (κ1) is 13.7. The van der Waals surface area contributed by atoms with Crippen molar-refractivity contribution in [2.45, 2.75) is 19.3 Å². The minimum absolute atomic E-state index is 0.254. The highest BCUT2D eigenvalue weighted by atomic mass is 35.5. The zero-order chi connectivity index (χ0) is 14.1. The Morgan fingerprint density at radius 3 is 2.70 bits per heavy atom. The van der Waals surface area contributed by atoms with Gasteiger partial charge in [-0.2, -0.15) is 0 Å². The molecule has 2 saturated carbocycles. The Morgan fingerprint density at radius 2 is 2.00 bits per heavy atom. The van der Waals surface area contributed by atoms with Crippen LogP contribution >= 0.6 is 11.6 Å². The van der Waals surface area contributed by atoms with Crippen molar-refractivity contribution in [3.05, 3.63) is 29.3 Å². The van der Waals surface area contributed by atoms with Gasteiger partial charge in [0, 0.05) is 13.0 Å². The van der Waals surface area contributed by atoms with E-state index in [1.807, 2.05) is 25.2 Å². The molecule has 1 aromatic carbocycles. The molecule has 3 nitrogen and oxygen atoms in total. The topological polar surface area (TPSA) is 29.5 Å². The van der Waals surface area contributed by atoms with Crippen LogP contribution in [0, 0.1) is 17.8 Å². The van der Waals surface area contributed by atoms with Gasteiger partial charge in [0.2, 0.25) is 5.91 Å². The summed E-state index contributed by atoms with van der Waals surface area (Å²) < 4.78 is 5.62. The number of nitrogens with zero attached hydrogens (tertiary/aromatic N) is 1. The van der Waals surface area contributed by atoms with Crippen molar-refractivity contribution < 1.29 is 9.53 Å². The lowest BCUT2D eigenvalue weighted by Crippen LogP contribution is -2.35. The number of halogens is 1. The zero-order valence-electron chi connectivity index (χ0n) is 11.7. The Bertz CT molecular complexity index is 495. The summed E-state index contributed by atoms with van der Waals surface area (Å²) in [5.74, 6) is 2.90. The lowest BCUT2D eigenvalue weighted by molar-refractivity contribution is -0.134. The molecule has 4 heteroatoms. The smallest absolute Gasteiger partial charge is 0.225 e. The number of benzene rings is 1. The second-order valence-electron chi connectivity index (χ2n) is 5.96. The van der Waals surface area contributed by atoms with Crippen LogP contribution in [0.2, 0.25) is 5.02 Å². The minimum atomic E-state index is 0.254. The normalized spacial score (nSPS) is 27.0. The van der Waals surface area contributed by atoms with Gasteiger partial charge in [-0.05, 0) is 43.2 Å². The standard InChI is InChI=1S/C16H20ClNO2/c1-18(16(19)13-9-11-8-12(11)10-13)6-7-20-15-5-3-2-4-14(15)17/h2-5,11-13H,6-10H2,1H3. The van der Waals surface area contributed by atoms with Crippen LogP contribution in [0.3, 0.4) is 0 Å². The first-order valence-corrected chi connectivity index (χ1v) is 7.65. The molecule has 0 heterocycles. The maximum atomic E-state index is 12.3. The molecule has 2 aliphatic carbocycles. The molecule has 0 aliphatic heterocycles. The van der Waals surface area contributed by atoms with Gasteiger partial charge in [0.15, 0.2) is 0 Å². The van der Waals surface area contributed by atoms with Gasteiger partial charge in [0.05, 0.1) is 11.6 Å². The quantitative estimate of drug-likeness (QED) is 0.834. The summed E-state index contributed by atoms with van der Waals surface area (Å²) in [5, 5.41) is 0.609. The highest BCUT2D eigenvalue weighted by molar-refractivity contribution is 6.32. The van der Waals surface area contributed by atoms with Crippen LogP contribution in [0.1, 0.15) is 19.3 Å². The predicted octanol–water partition coefficient (Wildman–Crippen LogP) is 3.22. The van der Waals surface area contributed by atoms with E-state index >= 15 is 0 Å². The van der Waals surface area contributed by atoms with E-state index in [9.17, 15) is 4.79 Å². The van der Waals surface area contributed by atoms with Crippen molar-refractivity contribution in [1.29, 1.82) is 0 Å². The zero-order valence-corrected chi connectivity index (χ0v) is 12.5. The Hall–Kier alpha value is -1.22. The van der Waals surface area contributed by atoms with Gasteiger partial charge in [-0.15, -0.1) is 0 Å². The number of ether oxygens (including phenoxy) is 1. The second-order valence-corrected chi connectivity index (χ2v) is 6.37. The largest absolute Gasteiger partial charge is 0.490 e. The van der Waals surface area contributed by atoms with Crippen LogP contribution in [0.25, 0.3) is 0 Å². The maximum Gasteiger partial charge on any atom is 0.225 e. The number of para-hydroxylation sites is 1. The first-order chi connectivity index (χ1) is 9.65. The van der Waals surface area contributed by atoms with Crippen LogP contribution in [0.15, 0.2) is 24.3 Å². The lowest BCUT2D eigenvalue weighted by atomic mass is 10.0. The molecule has 2 fully saturated rings. The van der Waals surface area contributed by atoms with Crippen LogP contribution in [-0.4, -0.2) is 31.0 Å². The number of rotatable bonds is 5. The van der Waals surface area contributed by atoms with Gasteiger partial charge in [-0.25, -0.2) is 0 Å². The number of carbonyl (C=O) groups is 1. The molecule has 1 aromatic rings. The summed E-state index contributed by atoms with van der Waals surface area (Å²) in [6.45, 7) is 1.08. The average Bonchev–Trinajstić information content (AvgIpc) is 3.06. The van der Waals surface area contributed by atoms with Crippen molar-refractivity contribution in [2.24, 2.45) is 17.8 Å². The third-order valence-electron chi connectivity index (χ3n) is 4.49. The first-order valence-electron chi connectivity index (χ1n) is 7.27. The molecule has 20 heavy (non-hydrogen) atoms. The molecule has 108 valence electrons. The Kier molecular flexibility index (Phi) is 3.88. The highest BCUT2D eigenvalue weighted by Gasteiger charge is 2.48. The van der Waals surface area contributed by atoms with E-state index in [1.165, 1.54) is 6.42 Å². The van der Waals surface area contributed by atoms with E-state index in [-0.39, 0.29) is 11.8 Å². The van der Waals surface area contributed by atoms with Crippen molar-refractivity contribution in [3.8, 4) is 5.75 Å². The van der Waals surface area contributed by atoms with E-state index < -0.39 is 0 Å². The summed E-state index contributed by atoms with van der Waals surface area (Å²) in [4.78, 5) is 14.1. The molecule has 0 saturated heterocycles. The molecule has 2 atom stereocenters. The fraction of sp³-hybridized carbons (Fsp3) is 0.562. The molecule has 0 radical (unpaired) electrons. The fourth-order valence-electron chi connectivity index (χ4n) is 3.19. The van der Waals surface area contributed by atoms with Crippen molar-refractivity contribution >= 4 is 17.5 Å². The number of likely N-dealkylation sites (N-methyl/N-ethyl adjacent to an activating group) is 1. The molecular weight excluding hydrogens is 274 g/mol. The van der Waals surface area contributed by atoms with Crippen molar-refractivity contribution in [2.75, 3.05) is 20.2 Å². The van der Waals surface area contributed by atoms with Crippen molar-refractivity contribution in [1.82, 2.24) is 4.90 Å². The van der Waals surface area contributed by atoms with Gasteiger partial charge < -0.3 is 9.64 Å². The average molecular weight is 294 g/mol. The SMILES string of the molecule is CN(CCOc1ccccc1Cl)C(=O)C1CC2CC2C1. The lowest BCUT2D eigenvalue weighted by Gasteiger charge is -2.22. The number of amides is 1. The van der Waals surface area contributed by atoms with Crippen LogP contribution in [0.4, 0.5) is 0 Å². The molecule has 1 amide bonds. The summed E-state index contributed by atoms with van der Waals surface area (Å²) in [7, 11) is 1.86. The minimum Gasteiger partial charge on any atom is -0.490 e. The monoisotopic (exact) mass is 293 g/mol. The Morgan fingerprint density at radius 1 is 1.30 bits per heavy atom. The third-order valence-corrected chi connectivity index (χ3v) is 4.80. The van der Waals surface area contributed by atoms with E-state index in [2.05, 4.69) is 0 Å². The number of carbonyl (C=O) groups excluding carboxylic acids is 1. The van der Waals surface area contributed by atoms with Gasteiger partial charge in [-0.3, -0.25) is 4.79 Å². The molecular formula is C16H20ClNO2. The molecule has 0 N–H and O–H groups in total. The van der Waals surface area contributed by atoms with Gasteiger partial charge in [-0.1, -0.05) is 23.7 Å². The Balaban J connectivity index is 1.43. The summed E-state index contributed by atoms with van der Waals surface area (Å²) in [6.07, 6.45) is 3.54. The predicted molar refractivity (Wildman–Crippen MR) is 78.9 cm³/mol. The van der Waals surface area contributed by atoms with Crippen LogP contribution in [-0.2, 0) is 4.79 Å². The molecule has 2 unspecified atom stereocenters. The number of hydrogen-bond acceptors (Lipinski definition) is 2. The van der Waals surface area contributed by atoms with E-state index in [4.69, 9.17) is 16.3 Å². The fourth-order valence-corrected chi connectivity index (χ4v) is 3.38. The molecule has 0 spiro atoms. The summed E-state index contributed by atoms with van der Waals surface area (Å²) in [5.41, 5.74) is 0. The third kappa shape index (κ3) is 2.93. The molecule has 2 aliphatic rings. The molecule has 0 bridgehead atoms. The second kappa shape index (κ2) is 5.65. The Labute approximate surface area is 124 Å². The summed E-state index contributed by atoms with van der Waals surface area (Å²) in [6, 6.07) is 7.41. The highest BCUT2D eigenvalue weighted by Crippen LogP contribution is 2.54. The van der Waals surface area contributed by atoms with Crippen LogP contribution < -0.4 is 4.74 Å². The summed E-state index contributed by atoms with van der Waals surface area (Å²) >= 11 is 6.02. The number of fused-ring (bicyclic) bond motifs is 1. The number of hydrogen-bond donors (Lipinski definition) is 0. The van der Waals surface area contributed by atoms with Crippen LogP contribution in [0.5, 0.6) is 5.75 Å². The van der Waals surface area contributed by atoms with E-state index in [1.54, 1.807) is 11.0 Å². The van der Waals surface area contributed by atoms with E-state index in [0.29, 0.717) is 23.9 Å². The molecule has 0 aromatic heterocycles. The van der Waals surface area contributed by atoms with E-state index in [0.717, 1.165) is 24.7 Å². The molecule has 3 rings (SSSR count). The van der Waals surface area contributed by atoms with Gasteiger partial charge in [0.1, 0.15) is 12.4 Å². The van der Waals surface area contributed by atoms with Gasteiger partial charge in [0.25, 0.3) is 0 Å².